The molecule has 1 aromatic carbocycles. The molecule has 0 saturated carbocycles. The Balaban J connectivity index is 2.71. The molecule has 0 aromatic heterocycles. The van der Waals surface area contributed by atoms with Crippen molar-refractivity contribution in [2.45, 2.75) is 20.8 Å². The van der Waals surface area contributed by atoms with Crippen LogP contribution in [0.1, 0.15) is 26.3 Å². The Morgan fingerprint density at radius 3 is 2.29 bits per heavy atom. The second-order valence-electron chi connectivity index (χ2n) is 4.53. The van der Waals surface area contributed by atoms with Crippen LogP contribution in [0.3, 0.4) is 0 Å². The van der Waals surface area contributed by atoms with Crippen LogP contribution in [0.2, 0.25) is 0 Å². The fraction of sp³-hybridized carbons (Fsp3) is 0.417. The van der Waals surface area contributed by atoms with Crippen LogP contribution in [0.15, 0.2) is 35.3 Å². The SMILES string of the molecule is CC(C)(C)CN=C(Cl)c1ccccc1. The average molecular weight is 210 g/mol. The van der Waals surface area contributed by atoms with Crippen molar-refractivity contribution in [1.82, 2.24) is 0 Å². The van der Waals surface area contributed by atoms with Crippen LogP contribution in [-0.4, -0.2) is 11.7 Å². The second kappa shape index (κ2) is 4.61. The van der Waals surface area contributed by atoms with E-state index in [0.29, 0.717) is 5.17 Å². The number of halogens is 1. The highest BCUT2D eigenvalue weighted by Crippen LogP contribution is 2.14. The maximum absolute atomic E-state index is 6.06. The molecule has 0 saturated heterocycles. The number of hydrogen-bond acceptors (Lipinski definition) is 1. The Morgan fingerprint density at radius 2 is 1.79 bits per heavy atom. The van der Waals surface area contributed by atoms with Crippen LogP contribution in [-0.2, 0) is 0 Å². The predicted octanol–water partition coefficient (Wildman–Crippen LogP) is 3.72. The minimum atomic E-state index is 0.189. The Morgan fingerprint density at radius 1 is 1.21 bits per heavy atom. The molecule has 0 aliphatic carbocycles. The summed E-state index contributed by atoms with van der Waals surface area (Å²) in [4.78, 5) is 4.35. The molecular formula is C12H16ClN. The van der Waals surface area contributed by atoms with Crippen LogP contribution in [0, 0.1) is 5.41 Å². The minimum absolute atomic E-state index is 0.189. The van der Waals surface area contributed by atoms with E-state index < -0.39 is 0 Å². The van der Waals surface area contributed by atoms with Gasteiger partial charge in [-0.05, 0) is 5.41 Å². The molecule has 0 amide bonds. The van der Waals surface area contributed by atoms with E-state index in [2.05, 4.69) is 25.8 Å². The average Bonchev–Trinajstić information content (AvgIpc) is 2.14. The summed E-state index contributed by atoms with van der Waals surface area (Å²) in [7, 11) is 0. The molecular weight excluding hydrogens is 194 g/mol. The maximum atomic E-state index is 6.06. The molecule has 1 nitrogen and oxygen atoms in total. The normalized spacial score (nSPS) is 13.0. The molecule has 1 aromatic rings. The van der Waals surface area contributed by atoms with Crippen molar-refractivity contribution in [2.24, 2.45) is 10.4 Å². The standard InChI is InChI=1S/C12H16ClN/c1-12(2,3)9-14-11(13)10-7-5-4-6-8-10/h4-8H,9H2,1-3H3. The van der Waals surface area contributed by atoms with Gasteiger partial charge in [0.2, 0.25) is 0 Å². The molecule has 1 rings (SSSR count). The molecule has 14 heavy (non-hydrogen) atoms. The number of benzene rings is 1. The molecule has 0 radical (unpaired) electrons. The zero-order valence-corrected chi connectivity index (χ0v) is 9.67. The summed E-state index contributed by atoms with van der Waals surface area (Å²) >= 11 is 6.06. The summed E-state index contributed by atoms with van der Waals surface area (Å²) in [6.45, 7) is 7.18. The zero-order chi connectivity index (χ0) is 10.6. The third-order valence-electron chi connectivity index (χ3n) is 1.70. The van der Waals surface area contributed by atoms with Gasteiger partial charge >= 0.3 is 0 Å². The molecule has 76 valence electrons. The fourth-order valence-corrected chi connectivity index (χ4v) is 1.16. The molecule has 0 fully saturated rings. The van der Waals surface area contributed by atoms with E-state index in [0.717, 1.165) is 12.1 Å². The third kappa shape index (κ3) is 3.93. The van der Waals surface area contributed by atoms with Gasteiger partial charge in [-0.25, -0.2) is 0 Å². The van der Waals surface area contributed by atoms with Crippen molar-refractivity contribution < 1.29 is 0 Å². The van der Waals surface area contributed by atoms with Gasteiger partial charge in [-0.2, -0.15) is 0 Å². The molecule has 0 heterocycles. The van der Waals surface area contributed by atoms with Crippen LogP contribution in [0.5, 0.6) is 0 Å². The van der Waals surface area contributed by atoms with Crippen molar-refractivity contribution in [3.8, 4) is 0 Å². The molecule has 0 bridgehead atoms. The van der Waals surface area contributed by atoms with E-state index in [9.17, 15) is 0 Å². The highest BCUT2D eigenvalue weighted by Gasteiger charge is 2.09. The third-order valence-corrected chi connectivity index (χ3v) is 2.04. The summed E-state index contributed by atoms with van der Waals surface area (Å²) in [5.74, 6) is 0. The quantitative estimate of drug-likeness (QED) is 0.659. The fourth-order valence-electron chi connectivity index (χ4n) is 0.974. The van der Waals surface area contributed by atoms with Gasteiger partial charge in [0.1, 0.15) is 5.17 Å². The van der Waals surface area contributed by atoms with Crippen molar-refractivity contribution >= 4 is 16.8 Å². The number of aliphatic imine (C=N–C) groups is 1. The Kier molecular flexibility index (Phi) is 3.70. The van der Waals surface area contributed by atoms with Crippen molar-refractivity contribution in [3.63, 3.8) is 0 Å². The van der Waals surface area contributed by atoms with E-state index in [1.54, 1.807) is 0 Å². The van der Waals surface area contributed by atoms with E-state index >= 15 is 0 Å². The summed E-state index contributed by atoms with van der Waals surface area (Å²) in [6, 6.07) is 9.83. The van der Waals surface area contributed by atoms with Gasteiger partial charge in [0.15, 0.2) is 0 Å². The largest absolute Gasteiger partial charge is 0.272 e. The highest BCUT2D eigenvalue weighted by atomic mass is 35.5. The molecule has 0 N–H and O–H groups in total. The van der Waals surface area contributed by atoms with Gasteiger partial charge in [0.25, 0.3) is 0 Å². The van der Waals surface area contributed by atoms with E-state index in [4.69, 9.17) is 11.6 Å². The maximum Gasteiger partial charge on any atom is 0.130 e. The lowest BCUT2D eigenvalue weighted by molar-refractivity contribution is 0.430. The van der Waals surface area contributed by atoms with Crippen molar-refractivity contribution in [2.75, 3.05) is 6.54 Å². The zero-order valence-electron chi connectivity index (χ0n) is 8.92. The highest BCUT2D eigenvalue weighted by molar-refractivity contribution is 6.69. The molecule has 0 aliphatic rings. The molecule has 2 heteroatoms. The molecule has 0 unspecified atom stereocenters. The summed E-state index contributed by atoms with van der Waals surface area (Å²) in [5, 5.41) is 0.598. The first kappa shape index (κ1) is 11.3. The van der Waals surface area contributed by atoms with Gasteiger partial charge in [-0.1, -0.05) is 62.7 Å². The van der Waals surface area contributed by atoms with E-state index in [1.807, 2.05) is 30.3 Å². The number of hydrogen-bond donors (Lipinski definition) is 0. The topological polar surface area (TPSA) is 12.4 Å². The van der Waals surface area contributed by atoms with Gasteiger partial charge in [0, 0.05) is 12.1 Å². The molecule has 0 atom stereocenters. The summed E-state index contributed by atoms with van der Waals surface area (Å²) < 4.78 is 0. The van der Waals surface area contributed by atoms with Crippen molar-refractivity contribution in [1.29, 1.82) is 0 Å². The lowest BCUT2D eigenvalue weighted by Gasteiger charge is -2.14. The monoisotopic (exact) mass is 209 g/mol. The first-order valence-corrected chi connectivity index (χ1v) is 5.12. The Labute approximate surface area is 90.8 Å². The lowest BCUT2D eigenvalue weighted by Crippen LogP contribution is -2.10. The van der Waals surface area contributed by atoms with E-state index in [-0.39, 0.29) is 5.41 Å². The second-order valence-corrected chi connectivity index (χ2v) is 4.89. The van der Waals surface area contributed by atoms with Crippen LogP contribution in [0.4, 0.5) is 0 Å². The minimum Gasteiger partial charge on any atom is -0.272 e. The predicted molar refractivity (Wildman–Crippen MR) is 63.2 cm³/mol. The van der Waals surface area contributed by atoms with Crippen molar-refractivity contribution in [3.05, 3.63) is 35.9 Å². The number of nitrogens with zero attached hydrogens (tertiary/aromatic N) is 1. The smallest absolute Gasteiger partial charge is 0.130 e. The van der Waals surface area contributed by atoms with Gasteiger partial charge in [0.05, 0.1) is 0 Å². The van der Waals surface area contributed by atoms with Gasteiger partial charge < -0.3 is 0 Å². The molecule has 0 spiro atoms. The summed E-state index contributed by atoms with van der Waals surface area (Å²) in [6.07, 6.45) is 0. The van der Waals surface area contributed by atoms with Crippen LogP contribution >= 0.6 is 11.6 Å². The first-order chi connectivity index (χ1) is 6.49. The Hall–Kier alpha value is -0.820. The molecule has 0 aliphatic heterocycles. The lowest BCUT2D eigenvalue weighted by atomic mass is 9.97. The van der Waals surface area contributed by atoms with E-state index in [1.165, 1.54) is 0 Å². The van der Waals surface area contributed by atoms with Gasteiger partial charge in [-0.15, -0.1) is 0 Å². The number of rotatable bonds is 2. The first-order valence-electron chi connectivity index (χ1n) is 4.74. The van der Waals surface area contributed by atoms with Crippen LogP contribution in [0.25, 0.3) is 0 Å². The summed E-state index contributed by atoms with van der Waals surface area (Å²) in [5.41, 5.74) is 1.17. The Bertz CT molecular complexity index is 309. The van der Waals surface area contributed by atoms with Crippen LogP contribution < -0.4 is 0 Å². The van der Waals surface area contributed by atoms with Gasteiger partial charge in [-0.3, -0.25) is 4.99 Å².